The van der Waals surface area contributed by atoms with Crippen LogP contribution in [0.3, 0.4) is 0 Å². The molecule has 0 aromatic heterocycles. The van der Waals surface area contributed by atoms with E-state index in [0.29, 0.717) is 12.1 Å². The van der Waals surface area contributed by atoms with E-state index in [1.54, 1.807) is 11.9 Å². The van der Waals surface area contributed by atoms with Crippen LogP contribution in [0.25, 0.3) is 0 Å². The number of likely N-dealkylation sites (N-methyl/N-ethyl adjacent to an activating group) is 1. The number of carbonyl (C=O) groups excluding carboxylic acids is 1. The standard InChI is InChI=1S/C15H21F3N2O.ClH/c1-10(8-14(21)20(3)11(2)9-19)12-4-6-13(7-5-12)15(16,17)18;/h4-7,10-11H,8-9,19H2,1-3H3;1H. The number of hydrogen-bond acceptors (Lipinski definition) is 2. The molecular formula is C15H22ClF3N2O. The zero-order valence-electron chi connectivity index (χ0n) is 12.9. The van der Waals surface area contributed by atoms with Crippen molar-refractivity contribution in [2.75, 3.05) is 13.6 Å². The molecule has 1 aromatic rings. The number of rotatable bonds is 5. The van der Waals surface area contributed by atoms with Crippen molar-refractivity contribution in [3.05, 3.63) is 35.4 Å². The van der Waals surface area contributed by atoms with Crippen molar-refractivity contribution in [1.82, 2.24) is 4.90 Å². The van der Waals surface area contributed by atoms with Crippen molar-refractivity contribution < 1.29 is 18.0 Å². The largest absolute Gasteiger partial charge is 0.416 e. The Hall–Kier alpha value is -1.27. The third kappa shape index (κ3) is 5.50. The normalized spacial score (nSPS) is 14.0. The minimum absolute atomic E-state index is 0. The van der Waals surface area contributed by atoms with Crippen LogP contribution in [0, 0.1) is 0 Å². The summed E-state index contributed by atoms with van der Waals surface area (Å²) >= 11 is 0. The number of nitrogens with two attached hydrogens (primary N) is 1. The number of amides is 1. The minimum atomic E-state index is -4.34. The highest BCUT2D eigenvalue weighted by atomic mass is 35.5. The Morgan fingerprint density at radius 3 is 2.14 bits per heavy atom. The number of hydrogen-bond donors (Lipinski definition) is 1. The molecule has 2 atom stereocenters. The van der Waals surface area contributed by atoms with Crippen LogP contribution in [0.1, 0.15) is 37.3 Å². The average molecular weight is 339 g/mol. The number of nitrogens with zero attached hydrogens (tertiary/aromatic N) is 1. The van der Waals surface area contributed by atoms with Gasteiger partial charge in [0.2, 0.25) is 5.91 Å². The fourth-order valence-corrected chi connectivity index (χ4v) is 1.93. The maximum absolute atomic E-state index is 12.5. The first-order valence-corrected chi connectivity index (χ1v) is 6.79. The molecule has 0 heterocycles. The van der Waals surface area contributed by atoms with E-state index in [1.165, 1.54) is 12.1 Å². The van der Waals surface area contributed by atoms with Crippen LogP contribution < -0.4 is 5.73 Å². The summed E-state index contributed by atoms with van der Waals surface area (Å²) in [7, 11) is 1.68. The van der Waals surface area contributed by atoms with E-state index in [-0.39, 0.29) is 36.7 Å². The van der Waals surface area contributed by atoms with Gasteiger partial charge in [0.05, 0.1) is 5.56 Å². The van der Waals surface area contributed by atoms with Crippen molar-refractivity contribution >= 4 is 18.3 Å². The maximum Gasteiger partial charge on any atom is 0.416 e. The summed E-state index contributed by atoms with van der Waals surface area (Å²) < 4.78 is 37.5. The van der Waals surface area contributed by atoms with Gasteiger partial charge in [0.25, 0.3) is 0 Å². The van der Waals surface area contributed by atoms with Gasteiger partial charge in [-0.15, -0.1) is 12.4 Å². The van der Waals surface area contributed by atoms with Crippen molar-refractivity contribution in [3.63, 3.8) is 0 Å². The smallest absolute Gasteiger partial charge is 0.342 e. The van der Waals surface area contributed by atoms with Crippen LogP contribution in [0.4, 0.5) is 13.2 Å². The molecule has 0 fully saturated rings. The van der Waals surface area contributed by atoms with Gasteiger partial charge >= 0.3 is 6.18 Å². The highest BCUT2D eigenvalue weighted by Gasteiger charge is 2.30. The molecule has 1 rings (SSSR count). The van der Waals surface area contributed by atoms with E-state index in [1.807, 2.05) is 13.8 Å². The lowest BCUT2D eigenvalue weighted by Gasteiger charge is -2.25. The van der Waals surface area contributed by atoms with Crippen molar-refractivity contribution in [1.29, 1.82) is 0 Å². The summed E-state index contributed by atoms with van der Waals surface area (Å²) in [6, 6.07) is 4.88. The molecule has 0 bridgehead atoms. The second-order valence-corrected chi connectivity index (χ2v) is 5.31. The van der Waals surface area contributed by atoms with Gasteiger partial charge in [-0.1, -0.05) is 19.1 Å². The molecule has 7 heteroatoms. The summed E-state index contributed by atoms with van der Waals surface area (Å²) in [6.07, 6.45) is -4.10. The van der Waals surface area contributed by atoms with Crippen LogP contribution in [0.2, 0.25) is 0 Å². The Balaban J connectivity index is 0.00000441. The van der Waals surface area contributed by atoms with E-state index in [0.717, 1.165) is 12.1 Å². The van der Waals surface area contributed by atoms with Crippen LogP contribution in [0.15, 0.2) is 24.3 Å². The molecule has 3 nitrogen and oxygen atoms in total. The minimum Gasteiger partial charge on any atom is -0.342 e. The van der Waals surface area contributed by atoms with E-state index in [4.69, 9.17) is 5.73 Å². The first-order chi connectivity index (χ1) is 9.66. The molecule has 126 valence electrons. The molecule has 0 saturated heterocycles. The molecule has 0 radical (unpaired) electrons. The second-order valence-electron chi connectivity index (χ2n) is 5.31. The summed E-state index contributed by atoms with van der Waals surface area (Å²) in [5, 5.41) is 0. The molecule has 0 aliphatic rings. The van der Waals surface area contributed by atoms with Crippen molar-refractivity contribution in [3.8, 4) is 0 Å². The highest BCUT2D eigenvalue weighted by Crippen LogP contribution is 2.30. The molecule has 2 unspecified atom stereocenters. The SMILES string of the molecule is CC(CC(=O)N(C)C(C)CN)c1ccc(C(F)(F)F)cc1.Cl. The fraction of sp³-hybridized carbons (Fsp3) is 0.533. The maximum atomic E-state index is 12.5. The Kier molecular flexibility index (Phi) is 7.90. The van der Waals surface area contributed by atoms with Crippen LogP contribution in [0.5, 0.6) is 0 Å². The number of alkyl halides is 3. The molecular weight excluding hydrogens is 317 g/mol. The molecule has 22 heavy (non-hydrogen) atoms. The average Bonchev–Trinajstić information content (AvgIpc) is 2.44. The van der Waals surface area contributed by atoms with Gasteiger partial charge < -0.3 is 10.6 Å². The molecule has 0 aliphatic carbocycles. The number of halogens is 4. The van der Waals surface area contributed by atoms with Gasteiger partial charge in [0.1, 0.15) is 0 Å². The van der Waals surface area contributed by atoms with Crippen molar-refractivity contribution in [2.45, 2.75) is 38.4 Å². The quantitative estimate of drug-likeness (QED) is 0.894. The molecule has 1 aromatic carbocycles. The Labute approximate surface area is 135 Å². The first kappa shape index (κ1) is 20.7. The van der Waals surface area contributed by atoms with E-state index in [9.17, 15) is 18.0 Å². The van der Waals surface area contributed by atoms with Crippen molar-refractivity contribution in [2.24, 2.45) is 5.73 Å². The third-order valence-electron chi connectivity index (χ3n) is 3.68. The van der Waals surface area contributed by atoms with Gasteiger partial charge in [-0.3, -0.25) is 4.79 Å². The Morgan fingerprint density at radius 1 is 1.23 bits per heavy atom. The molecule has 0 saturated carbocycles. The van der Waals surface area contributed by atoms with Crippen LogP contribution >= 0.6 is 12.4 Å². The van der Waals surface area contributed by atoms with E-state index < -0.39 is 11.7 Å². The highest BCUT2D eigenvalue weighted by molar-refractivity contribution is 5.85. The molecule has 0 spiro atoms. The monoisotopic (exact) mass is 338 g/mol. The molecule has 1 amide bonds. The Bertz CT molecular complexity index is 477. The van der Waals surface area contributed by atoms with Crippen LogP contribution in [-0.4, -0.2) is 30.4 Å². The molecule has 0 aliphatic heterocycles. The van der Waals surface area contributed by atoms with Gasteiger partial charge in [-0.05, 0) is 30.5 Å². The summed E-state index contributed by atoms with van der Waals surface area (Å²) in [5.41, 5.74) is 5.54. The number of carbonyl (C=O) groups is 1. The zero-order chi connectivity index (χ0) is 16.2. The molecule has 2 N–H and O–H groups in total. The Morgan fingerprint density at radius 2 is 1.73 bits per heavy atom. The predicted octanol–water partition coefficient (Wildman–Crippen LogP) is 3.43. The first-order valence-electron chi connectivity index (χ1n) is 6.79. The summed E-state index contributed by atoms with van der Waals surface area (Å²) in [4.78, 5) is 13.6. The van der Waals surface area contributed by atoms with Gasteiger partial charge in [-0.2, -0.15) is 13.2 Å². The van der Waals surface area contributed by atoms with Gasteiger partial charge in [0, 0.05) is 26.1 Å². The van der Waals surface area contributed by atoms with E-state index >= 15 is 0 Å². The second kappa shape index (κ2) is 8.39. The predicted molar refractivity (Wildman–Crippen MR) is 83.0 cm³/mol. The van der Waals surface area contributed by atoms with Gasteiger partial charge in [-0.25, -0.2) is 0 Å². The van der Waals surface area contributed by atoms with E-state index in [2.05, 4.69) is 0 Å². The lowest BCUT2D eigenvalue weighted by molar-refractivity contribution is -0.137. The summed E-state index contributed by atoms with van der Waals surface area (Å²) in [5.74, 6) is -0.215. The zero-order valence-corrected chi connectivity index (χ0v) is 13.7. The summed E-state index contributed by atoms with van der Waals surface area (Å²) in [6.45, 7) is 4.04. The van der Waals surface area contributed by atoms with Gasteiger partial charge in [0.15, 0.2) is 0 Å². The fourth-order valence-electron chi connectivity index (χ4n) is 1.93. The lowest BCUT2D eigenvalue weighted by Crippen LogP contribution is -2.40. The topological polar surface area (TPSA) is 46.3 Å². The van der Waals surface area contributed by atoms with Crippen LogP contribution in [-0.2, 0) is 11.0 Å². The number of benzene rings is 1. The lowest BCUT2D eigenvalue weighted by atomic mass is 9.96. The third-order valence-corrected chi connectivity index (χ3v) is 3.68.